The highest BCUT2D eigenvalue weighted by atomic mass is 16.5. The Bertz CT molecular complexity index is 2630. The first kappa shape index (κ1) is 26.1. The van der Waals surface area contributed by atoms with E-state index in [2.05, 4.69) is 170 Å². The van der Waals surface area contributed by atoms with Crippen LogP contribution in [0.15, 0.2) is 170 Å². The first-order valence-corrected chi connectivity index (χ1v) is 16.2. The van der Waals surface area contributed by atoms with Crippen molar-refractivity contribution in [3.63, 3.8) is 0 Å². The fraction of sp³-hybridized carbons (Fsp3) is 0. The lowest BCUT2D eigenvalue weighted by molar-refractivity contribution is 0.487. The molecule has 0 radical (unpaired) electrons. The highest BCUT2D eigenvalue weighted by molar-refractivity contribution is 6.21. The zero-order chi connectivity index (χ0) is 30.9. The first-order chi connectivity index (χ1) is 23.3. The summed E-state index contributed by atoms with van der Waals surface area (Å²) in [6.07, 6.45) is 0. The lowest BCUT2D eigenvalue weighted by atomic mass is 9.85. The summed E-state index contributed by atoms with van der Waals surface area (Å²) in [7, 11) is 0. The molecule has 1 nitrogen and oxygen atoms in total. The van der Waals surface area contributed by atoms with Crippen LogP contribution in [-0.2, 0) is 0 Å². The lowest BCUT2D eigenvalue weighted by Crippen LogP contribution is -1.98. The Hall–Kier alpha value is -6.18. The van der Waals surface area contributed by atoms with Gasteiger partial charge in [0.25, 0.3) is 0 Å². The molecule has 0 saturated heterocycles. The molecule has 218 valence electrons. The molecule has 9 aromatic carbocycles. The molecule has 0 amide bonds. The summed E-state index contributed by atoms with van der Waals surface area (Å²) in [5.74, 6) is 1.81. The third-order valence-corrected chi connectivity index (χ3v) is 9.85. The standard InChI is InChI=1S/C46H28O/c1-2-14-34-29(10-1)11-7-19-35(34)30-22-24-32(25-23-30)44-38-15-3-5-17-40(38)45(41-18-6-4-16-39(41)44)33-26-27-36-37-20-8-12-31-13-9-21-42(46(31)37)47-43(36)28-33/h1-28H. The van der Waals surface area contributed by atoms with Gasteiger partial charge in [0.05, 0.1) is 0 Å². The van der Waals surface area contributed by atoms with E-state index in [9.17, 15) is 0 Å². The fourth-order valence-electron chi connectivity index (χ4n) is 7.76. The van der Waals surface area contributed by atoms with Gasteiger partial charge in [-0.2, -0.15) is 0 Å². The van der Waals surface area contributed by atoms with E-state index in [-0.39, 0.29) is 0 Å². The monoisotopic (exact) mass is 596 g/mol. The van der Waals surface area contributed by atoms with E-state index in [0.29, 0.717) is 0 Å². The predicted molar refractivity (Wildman–Crippen MR) is 198 cm³/mol. The lowest BCUT2D eigenvalue weighted by Gasteiger charge is -2.23. The van der Waals surface area contributed by atoms with Gasteiger partial charge < -0.3 is 4.74 Å². The van der Waals surface area contributed by atoms with Crippen LogP contribution < -0.4 is 4.74 Å². The summed E-state index contributed by atoms with van der Waals surface area (Å²) in [6.45, 7) is 0. The molecule has 0 unspecified atom stereocenters. The van der Waals surface area contributed by atoms with E-state index in [4.69, 9.17) is 4.74 Å². The summed E-state index contributed by atoms with van der Waals surface area (Å²) in [5.41, 5.74) is 9.70. The van der Waals surface area contributed by atoms with E-state index in [1.807, 2.05) is 0 Å². The second kappa shape index (κ2) is 10.2. The van der Waals surface area contributed by atoms with Crippen LogP contribution in [-0.4, -0.2) is 0 Å². The van der Waals surface area contributed by atoms with Gasteiger partial charge in [0, 0.05) is 10.9 Å². The number of benzene rings is 9. The van der Waals surface area contributed by atoms with Crippen LogP contribution in [0.1, 0.15) is 0 Å². The van der Waals surface area contributed by atoms with Gasteiger partial charge in [0.2, 0.25) is 0 Å². The Morgan fingerprint density at radius 1 is 0.298 bits per heavy atom. The number of hydrogen-bond donors (Lipinski definition) is 0. The molecule has 1 heteroatoms. The Kier molecular flexibility index (Phi) is 5.64. The first-order valence-electron chi connectivity index (χ1n) is 16.2. The van der Waals surface area contributed by atoms with Crippen molar-refractivity contribution < 1.29 is 4.74 Å². The van der Waals surface area contributed by atoms with Crippen molar-refractivity contribution >= 4 is 43.1 Å². The molecular formula is C46H28O. The highest BCUT2D eigenvalue weighted by Crippen LogP contribution is 2.50. The largest absolute Gasteiger partial charge is 0.456 e. The van der Waals surface area contributed by atoms with Crippen molar-refractivity contribution in [1.82, 2.24) is 0 Å². The second-order valence-corrected chi connectivity index (χ2v) is 12.4. The fourth-order valence-corrected chi connectivity index (χ4v) is 7.76. The molecular weight excluding hydrogens is 569 g/mol. The Morgan fingerprint density at radius 3 is 1.51 bits per heavy atom. The van der Waals surface area contributed by atoms with E-state index in [1.165, 1.54) is 76.5 Å². The van der Waals surface area contributed by atoms with Crippen molar-refractivity contribution in [2.75, 3.05) is 0 Å². The van der Waals surface area contributed by atoms with Crippen molar-refractivity contribution in [3.05, 3.63) is 170 Å². The molecule has 0 aromatic heterocycles. The van der Waals surface area contributed by atoms with Gasteiger partial charge in [-0.1, -0.05) is 152 Å². The van der Waals surface area contributed by atoms with Crippen LogP contribution in [0.4, 0.5) is 0 Å². The molecule has 1 aliphatic heterocycles. The van der Waals surface area contributed by atoms with E-state index >= 15 is 0 Å². The molecule has 10 rings (SSSR count). The van der Waals surface area contributed by atoms with Gasteiger partial charge in [0.1, 0.15) is 11.5 Å². The van der Waals surface area contributed by atoms with Crippen LogP contribution >= 0.6 is 0 Å². The smallest absolute Gasteiger partial charge is 0.135 e. The van der Waals surface area contributed by atoms with Crippen molar-refractivity contribution in [2.45, 2.75) is 0 Å². The SMILES string of the molecule is c1ccc2c(-c3ccc(-c4c5ccccc5c(-c5ccc6c(c5)Oc5cccc7cccc-6c57)c5ccccc45)cc3)cccc2c1. The molecule has 0 N–H and O–H groups in total. The topological polar surface area (TPSA) is 9.23 Å². The van der Waals surface area contributed by atoms with Crippen LogP contribution in [0.25, 0.3) is 87.6 Å². The normalized spacial score (nSPS) is 12.0. The summed E-state index contributed by atoms with van der Waals surface area (Å²) < 4.78 is 6.60. The van der Waals surface area contributed by atoms with Crippen LogP contribution in [0.5, 0.6) is 11.5 Å². The van der Waals surface area contributed by atoms with Crippen molar-refractivity contribution in [3.8, 4) is 56.0 Å². The maximum atomic E-state index is 6.60. The Morgan fingerprint density at radius 2 is 0.809 bits per heavy atom. The van der Waals surface area contributed by atoms with E-state index in [0.717, 1.165) is 22.6 Å². The minimum absolute atomic E-state index is 0.898. The molecule has 0 fully saturated rings. The average molecular weight is 597 g/mol. The molecule has 1 heterocycles. The van der Waals surface area contributed by atoms with Gasteiger partial charge in [0.15, 0.2) is 0 Å². The molecule has 47 heavy (non-hydrogen) atoms. The maximum Gasteiger partial charge on any atom is 0.135 e. The van der Waals surface area contributed by atoms with Gasteiger partial charge in [-0.3, -0.25) is 0 Å². The predicted octanol–water partition coefficient (Wildman–Crippen LogP) is 13.1. The quantitative estimate of drug-likeness (QED) is 0.184. The van der Waals surface area contributed by atoms with Crippen LogP contribution in [0.2, 0.25) is 0 Å². The van der Waals surface area contributed by atoms with Crippen LogP contribution in [0.3, 0.4) is 0 Å². The van der Waals surface area contributed by atoms with Crippen LogP contribution in [0, 0.1) is 0 Å². The number of hydrogen-bond acceptors (Lipinski definition) is 1. The molecule has 1 aliphatic rings. The van der Waals surface area contributed by atoms with Crippen molar-refractivity contribution in [1.29, 1.82) is 0 Å². The molecule has 0 atom stereocenters. The summed E-state index contributed by atoms with van der Waals surface area (Å²) in [6, 6.07) is 61.5. The number of ether oxygens (including phenoxy) is 1. The van der Waals surface area contributed by atoms with Gasteiger partial charge in [-0.15, -0.1) is 0 Å². The third-order valence-electron chi connectivity index (χ3n) is 9.85. The molecule has 0 aliphatic carbocycles. The van der Waals surface area contributed by atoms with Gasteiger partial charge >= 0.3 is 0 Å². The third kappa shape index (κ3) is 3.97. The molecule has 0 spiro atoms. The molecule has 9 aromatic rings. The van der Waals surface area contributed by atoms with Gasteiger partial charge in [-0.25, -0.2) is 0 Å². The number of fused-ring (bicyclic) bond motifs is 5. The summed E-state index contributed by atoms with van der Waals surface area (Å²) in [5, 5.41) is 9.87. The Balaban J connectivity index is 1.16. The zero-order valence-corrected chi connectivity index (χ0v) is 25.6. The molecule has 0 saturated carbocycles. The minimum atomic E-state index is 0.898. The summed E-state index contributed by atoms with van der Waals surface area (Å²) in [4.78, 5) is 0. The Labute approximate surface area is 272 Å². The average Bonchev–Trinajstić information content (AvgIpc) is 3.14. The summed E-state index contributed by atoms with van der Waals surface area (Å²) >= 11 is 0. The minimum Gasteiger partial charge on any atom is -0.456 e. The number of rotatable bonds is 3. The molecule has 0 bridgehead atoms. The van der Waals surface area contributed by atoms with E-state index in [1.54, 1.807) is 0 Å². The second-order valence-electron chi connectivity index (χ2n) is 12.4. The highest BCUT2D eigenvalue weighted by Gasteiger charge is 2.22. The van der Waals surface area contributed by atoms with E-state index < -0.39 is 0 Å². The van der Waals surface area contributed by atoms with Gasteiger partial charge in [-0.05, 0) is 94.8 Å². The van der Waals surface area contributed by atoms with Crippen molar-refractivity contribution in [2.24, 2.45) is 0 Å². The maximum absolute atomic E-state index is 6.60. The zero-order valence-electron chi connectivity index (χ0n) is 25.6.